The van der Waals surface area contributed by atoms with Crippen molar-refractivity contribution in [1.82, 2.24) is 5.32 Å². The van der Waals surface area contributed by atoms with E-state index in [1.54, 1.807) is 0 Å². The predicted molar refractivity (Wildman–Crippen MR) is 63.4 cm³/mol. The summed E-state index contributed by atoms with van der Waals surface area (Å²) in [5, 5.41) is 3.69. The summed E-state index contributed by atoms with van der Waals surface area (Å²) in [6.45, 7) is 13.1. The van der Waals surface area contributed by atoms with Crippen LogP contribution in [0.15, 0.2) is 0 Å². The van der Waals surface area contributed by atoms with Gasteiger partial charge in [0.1, 0.15) is 0 Å². The molecule has 0 aromatic carbocycles. The van der Waals surface area contributed by atoms with Crippen molar-refractivity contribution in [3.63, 3.8) is 0 Å². The molecule has 0 aromatic heterocycles. The van der Waals surface area contributed by atoms with Gasteiger partial charge in [-0.25, -0.2) is 0 Å². The third-order valence-electron chi connectivity index (χ3n) is 4.50. The van der Waals surface area contributed by atoms with Gasteiger partial charge in [-0.05, 0) is 36.6 Å². The van der Waals surface area contributed by atoms with E-state index in [1.165, 1.54) is 25.8 Å². The number of nitrogens with one attached hydrogen (secondary N) is 1. The summed E-state index contributed by atoms with van der Waals surface area (Å²) in [5.74, 6) is 1.66. The smallest absolute Gasteiger partial charge is 0.0126 e. The first-order chi connectivity index (χ1) is 6.50. The van der Waals surface area contributed by atoms with Gasteiger partial charge < -0.3 is 5.32 Å². The van der Waals surface area contributed by atoms with Crippen LogP contribution in [0.3, 0.4) is 0 Å². The van der Waals surface area contributed by atoms with E-state index in [2.05, 4.69) is 39.9 Å². The SMILES string of the molecule is CCC(C)CC1NCCC1(C)C(C)C. The third-order valence-corrected chi connectivity index (χ3v) is 4.50. The molecular formula is C13H27N. The molecule has 1 aliphatic rings. The summed E-state index contributed by atoms with van der Waals surface area (Å²) < 4.78 is 0. The highest BCUT2D eigenvalue weighted by Crippen LogP contribution is 2.40. The highest BCUT2D eigenvalue weighted by Gasteiger charge is 2.40. The minimum Gasteiger partial charge on any atom is -0.313 e. The summed E-state index contributed by atoms with van der Waals surface area (Å²) in [7, 11) is 0. The van der Waals surface area contributed by atoms with Crippen molar-refractivity contribution >= 4 is 0 Å². The molecule has 3 atom stereocenters. The van der Waals surface area contributed by atoms with Crippen LogP contribution in [0.25, 0.3) is 0 Å². The molecule has 1 heterocycles. The molecule has 1 fully saturated rings. The lowest BCUT2D eigenvalue weighted by atomic mass is 9.71. The summed E-state index contributed by atoms with van der Waals surface area (Å²) in [6.07, 6.45) is 4.02. The Hall–Kier alpha value is -0.0400. The van der Waals surface area contributed by atoms with Gasteiger partial charge in [-0.2, -0.15) is 0 Å². The first-order valence-electron chi connectivity index (χ1n) is 6.24. The Labute approximate surface area is 89.7 Å². The first kappa shape index (κ1) is 12.0. The molecule has 0 saturated carbocycles. The maximum absolute atomic E-state index is 3.69. The van der Waals surface area contributed by atoms with Gasteiger partial charge in [0.15, 0.2) is 0 Å². The lowest BCUT2D eigenvalue weighted by Crippen LogP contribution is -2.39. The normalized spacial score (nSPS) is 35.1. The largest absolute Gasteiger partial charge is 0.313 e. The molecule has 1 N–H and O–H groups in total. The summed E-state index contributed by atoms with van der Waals surface area (Å²) in [6, 6.07) is 0.748. The Bertz CT molecular complexity index is 176. The van der Waals surface area contributed by atoms with E-state index < -0.39 is 0 Å². The van der Waals surface area contributed by atoms with Crippen LogP contribution >= 0.6 is 0 Å². The first-order valence-corrected chi connectivity index (χ1v) is 6.24. The van der Waals surface area contributed by atoms with Gasteiger partial charge in [-0.3, -0.25) is 0 Å². The van der Waals surface area contributed by atoms with Crippen molar-refractivity contribution in [3.8, 4) is 0 Å². The maximum Gasteiger partial charge on any atom is 0.0126 e. The monoisotopic (exact) mass is 197 g/mol. The number of hydrogen-bond donors (Lipinski definition) is 1. The lowest BCUT2D eigenvalue weighted by molar-refractivity contribution is 0.167. The number of rotatable bonds is 4. The third kappa shape index (κ3) is 2.31. The fourth-order valence-electron chi connectivity index (χ4n) is 2.54. The molecule has 14 heavy (non-hydrogen) atoms. The quantitative estimate of drug-likeness (QED) is 0.728. The standard InChI is InChI=1S/C13H27N/c1-6-11(4)9-12-13(5,10(2)3)7-8-14-12/h10-12,14H,6-9H2,1-5H3. The second-order valence-electron chi connectivity index (χ2n) is 5.67. The summed E-state index contributed by atoms with van der Waals surface area (Å²) >= 11 is 0. The van der Waals surface area contributed by atoms with Gasteiger partial charge in [0, 0.05) is 6.04 Å². The van der Waals surface area contributed by atoms with Crippen LogP contribution in [0.5, 0.6) is 0 Å². The molecule has 1 saturated heterocycles. The highest BCUT2D eigenvalue weighted by molar-refractivity contribution is 4.96. The van der Waals surface area contributed by atoms with Crippen LogP contribution in [0.2, 0.25) is 0 Å². The van der Waals surface area contributed by atoms with Gasteiger partial charge in [0.2, 0.25) is 0 Å². The van der Waals surface area contributed by atoms with E-state index in [1.807, 2.05) is 0 Å². The number of hydrogen-bond acceptors (Lipinski definition) is 1. The fourth-order valence-corrected chi connectivity index (χ4v) is 2.54. The van der Waals surface area contributed by atoms with E-state index in [0.29, 0.717) is 5.41 Å². The minimum atomic E-state index is 0.531. The van der Waals surface area contributed by atoms with E-state index in [9.17, 15) is 0 Å². The van der Waals surface area contributed by atoms with Crippen LogP contribution < -0.4 is 5.32 Å². The summed E-state index contributed by atoms with van der Waals surface area (Å²) in [4.78, 5) is 0. The van der Waals surface area contributed by atoms with Crippen molar-refractivity contribution in [2.45, 2.75) is 59.9 Å². The molecule has 0 spiro atoms. The lowest BCUT2D eigenvalue weighted by Gasteiger charge is -2.36. The van der Waals surface area contributed by atoms with Gasteiger partial charge >= 0.3 is 0 Å². The molecule has 1 aliphatic heterocycles. The Kier molecular flexibility index (Phi) is 4.00. The molecule has 0 bridgehead atoms. The second kappa shape index (κ2) is 4.65. The molecule has 1 heteroatoms. The Morgan fingerprint density at radius 2 is 2.00 bits per heavy atom. The van der Waals surface area contributed by atoms with Crippen LogP contribution in [-0.2, 0) is 0 Å². The zero-order chi connectivity index (χ0) is 10.8. The van der Waals surface area contributed by atoms with Crippen molar-refractivity contribution in [1.29, 1.82) is 0 Å². The van der Waals surface area contributed by atoms with Gasteiger partial charge in [-0.1, -0.05) is 41.0 Å². The Morgan fingerprint density at radius 1 is 1.36 bits per heavy atom. The van der Waals surface area contributed by atoms with Crippen molar-refractivity contribution in [2.75, 3.05) is 6.54 Å². The fraction of sp³-hybridized carbons (Fsp3) is 1.00. The van der Waals surface area contributed by atoms with Crippen LogP contribution in [0, 0.1) is 17.3 Å². The van der Waals surface area contributed by atoms with E-state index in [-0.39, 0.29) is 0 Å². The van der Waals surface area contributed by atoms with E-state index >= 15 is 0 Å². The minimum absolute atomic E-state index is 0.531. The van der Waals surface area contributed by atoms with Crippen LogP contribution in [0.1, 0.15) is 53.9 Å². The maximum atomic E-state index is 3.69. The average Bonchev–Trinajstić information content (AvgIpc) is 2.49. The zero-order valence-electron chi connectivity index (χ0n) is 10.6. The van der Waals surface area contributed by atoms with Crippen LogP contribution in [0.4, 0.5) is 0 Å². The van der Waals surface area contributed by atoms with Crippen LogP contribution in [-0.4, -0.2) is 12.6 Å². The van der Waals surface area contributed by atoms with Gasteiger partial charge in [0.25, 0.3) is 0 Å². The molecule has 0 amide bonds. The molecule has 1 nitrogen and oxygen atoms in total. The molecule has 84 valence electrons. The highest BCUT2D eigenvalue weighted by atomic mass is 15.0. The molecule has 0 aromatic rings. The Balaban J connectivity index is 2.59. The van der Waals surface area contributed by atoms with E-state index in [4.69, 9.17) is 0 Å². The van der Waals surface area contributed by atoms with Gasteiger partial charge in [0.05, 0.1) is 0 Å². The predicted octanol–water partition coefficient (Wildman–Crippen LogP) is 3.45. The van der Waals surface area contributed by atoms with E-state index in [0.717, 1.165) is 17.9 Å². The van der Waals surface area contributed by atoms with Crippen molar-refractivity contribution in [3.05, 3.63) is 0 Å². The summed E-state index contributed by atoms with van der Waals surface area (Å²) in [5.41, 5.74) is 0.531. The Morgan fingerprint density at radius 3 is 2.50 bits per heavy atom. The average molecular weight is 197 g/mol. The second-order valence-corrected chi connectivity index (χ2v) is 5.67. The molecule has 0 radical (unpaired) electrons. The molecule has 3 unspecified atom stereocenters. The topological polar surface area (TPSA) is 12.0 Å². The zero-order valence-corrected chi connectivity index (χ0v) is 10.6. The van der Waals surface area contributed by atoms with Crippen molar-refractivity contribution < 1.29 is 0 Å². The van der Waals surface area contributed by atoms with Gasteiger partial charge in [-0.15, -0.1) is 0 Å². The van der Waals surface area contributed by atoms with Crippen molar-refractivity contribution in [2.24, 2.45) is 17.3 Å². The molecule has 0 aliphatic carbocycles. The molecule has 1 rings (SSSR count). The molecular weight excluding hydrogens is 170 g/mol.